The Kier molecular flexibility index (Phi) is 5.91. The third-order valence-electron chi connectivity index (χ3n) is 5.52. The molecule has 0 saturated carbocycles. The average Bonchev–Trinajstić information content (AvgIpc) is 2.94. The van der Waals surface area contributed by atoms with Crippen molar-refractivity contribution in [2.45, 2.75) is 12.2 Å². The minimum Gasteiger partial charge on any atom is -0.497 e. The van der Waals surface area contributed by atoms with Gasteiger partial charge in [0.1, 0.15) is 11.3 Å². The number of carbonyl (C=O) groups excluding carboxylic acids is 1. The molecule has 31 heavy (non-hydrogen) atoms. The van der Waals surface area contributed by atoms with Gasteiger partial charge in [-0.2, -0.15) is 0 Å². The molecule has 0 unspecified atom stereocenters. The van der Waals surface area contributed by atoms with Crippen LogP contribution in [-0.4, -0.2) is 58.8 Å². The van der Waals surface area contributed by atoms with Gasteiger partial charge in [0.25, 0.3) is 5.91 Å². The van der Waals surface area contributed by atoms with E-state index >= 15 is 0 Å². The first-order valence-electron chi connectivity index (χ1n) is 10.2. The predicted octanol–water partition coefficient (Wildman–Crippen LogP) is 3.34. The molecule has 1 saturated heterocycles. The lowest BCUT2D eigenvalue weighted by Crippen LogP contribution is -2.35. The molecule has 0 spiro atoms. The molecule has 3 aromatic rings. The molecule has 1 aromatic heterocycles. The molecule has 1 fully saturated rings. The number of fused-ring (bicyclic) bond motifs is 1. The van der Waals surface area contributed by atoms with E-state index in [4.69, 9.17) is 9.15 Å². The van der Waals surface area contributed by atoms with Crippen LogP contribution >= 0.6 is 0 Å². The molecule has 0 aliphatic carbocycles. The van der Waals surface area contributed by atoms with Gasteiger partial charge in [-0.1, -0.05) is 18.2 Å². The van der Waals surface area contributed by atoms with E-state index in [2.05, 4.69) is 4.90 Å². The van der Waals surface area contributed by atoms with Crippen molar-refractivity contribution in [2.75, 3.05) is 44.4 Å². The standard InChI is InChI=1S/C23H26N2O5S/c1-29-18-10-8-17(9-11-18)24-12-5-13-25(15-14-24)23(26)22-20(16-31(2,27)28)19-6-3-4-7-21(19)30-22/h3-4,6-11H,5,12-16H2,1-2H3. The lowest BCUT2D eigenvalue weighted by atomic mass is 10.1. The Morgan fingerprint density at radius 3 is 2.48 bits per heavy atom. The lowest BCUT2D eigenvalue weighted by molar-refractivity contribution is 0.0736. The number of methoxy groups -OCH3 is 1. The number of carbonyl (C=O) groups is 1. The zero-order valence-corrected chi connectivity index (χ0v) is 18.5. The van der Waals surface area contributed by atoms with E-state index in [9.17, 15) is 13.2 Å². The molecule has 1 aliphatic heterocycles. The van der Waals surface area contributed by atoms with Crippen molar-refractivity contribution < 1.29 is 22.4 Å². The summed E-state index contributed by atoms with van der Waals surface area (Å²) in [7, 11) is -1.69. The van der Waals surface area contributed by atoms with E-state index in [1.54, 1.807) is 24.1 Å². The quantitative estimate of drug-likeness (QED) is 0.603. The maximum atomic E-state index is 13.4. The van der Waals surface area contributed by atoms with Crippen molar-refractivity contribution in [1.82, 2.24) is 4.90 Å². The van der Waals surface area contributed by atoms with Crippen LogP contribution in [0.3, 0.4) is 0 Å². The second-order valence-electron chi connectivity index (χ2n) is 7.81. The van der Waals surface area contributed by atoms with Crippen molar-refractivity contribution in [1.29, 1.82) is 0 Å². The summed E-state index contributed by atoms with van der Waals surface area (Å²) < 4.78 is 35.1. The predicted molar refractivity (Wildman–Crippen MR) is 120 cm³/mol. The largest absolute Gasteiger partial charge is 0.497 e. The fourth-order valence-corrected chi connectivity index (χ4v) is 4.80. The molecule has 1 amide bonds. The number of benzene rings is 2. The van der Waals surface area contributed by atoms with Gasteiger partial charge in [0.15, 0.2) is 15.6 Å². The Morgan fingerprint density at radius 2 is 1.77 bits per heavy atom. The summed E-state index contributed by atoms with van der Waals surface area (Å²) in [5, 5.41) is 0.672. The fourth-order valence-electron chi connectivity index (χ4n) is 3.99. The van der Waals surface area contributed by atoms with Crippen LogP contribution in [0.4, 0.5) is 5.69 Å². The van der Waals surface area contributed by atoms with Crippen molar-refractivity contribution in [3.05, 3.63) is 59.9 Å². The molecule has 0 bridgehead atoms. The normalized spacial score (nSPS) is 15.2. The zero-order valence-electron chi connectivity index (χ0n) is 17.7. The number of furan rings is 1. The SMILES string of the molecule is COc1ccc(N2CCCN(C(=O)c3oc4ccccc4c3CS(C)(=O)=O)CC2)cc1. The van der Waals surface area contributed by atoms with E-state index < -0.39 is 9.84 Å². The van der Waals surface area contributed by atoms with E-state index in [0.29, 0.717) is 36.2 Å². The molecular formula is C23H26N2O5S. The number of amides is 1. The number of nitrogens with zero attached hydrogens (tertiary/aromatic N) is 2. The van der Waals surface area contributed by atoms with Gasteiger partial charge in [-0.05, 0) is 36.8 Å². The van der Waals surface area contributed by atoms with Crippen molar-refractivity contribution in [3.63, 3.8) is 0 Å². The summed E-state index contributed by atoms with van der Waals surface area (Å²) in [4.78, 5) is 17.4. The smallest absolute Gasteiger partial charge is 0.289 e. The number of ether oxygens (including phenoxy) is 1. The monoisotopic (exact) mass is 442 g/mol. The first-order valence-corrected chi connectivity index (χ1v) is 12.3. The third kappa shape index (κ3) is 4.69. The Morgan fingerprint density at radius 1 is 1.03 bits per heavy atom. The van der Waals surface area contributed by atoms with Crippen LogP contribution in [-0.2, 0) is 15.6 Å². The van der Waals surface area contributed by atoms with Gasteiger partial charge in [-0.15, -0.1) is 0 Å². The molecule has 2 aromatic carbocycles. The molecular weight excluding hydrogens is 416 g/mol. The van der Waals surface area contributed by atoms with Crippen LogP contribution in [0, 0.1) is 0 Å². The van der Waals surface area contributed by atoms with Crippen LogP contribution in [0.25, 0.3) is 11.0 Å². The summed E-state index contributed by atoms with van der Waals surface area (Å²) in [5.74, 6) is 0.450. The summed E-state index contributed by atoms with van der Waals surface area (Å²) in [6.45, 7) is 2.62. The lowest BCUT2D eigenvalue weighted by Gasteiger charge is -2.23. The van der Waals surface area contributed by atoms with Gasteiger partial charge >= 0.3 is 0 Å². The number of hydrogen-bond acceptors (Lipinski definition) is 6. The summed E-state index contributed by atoms with van der Waals surface area (Å²) in [5.41, 5.74) is 2.05. The second kappa shape index (κ2) is 8.63. The Labute approximate surface area is 182 Å². The number of para-hydroxylation sites is 1. The zero-order chi connectivity index (χ0) is 22.0. The van der Waals surface area contributed by atoms with Gasteiger partial charge in [-0.25, -0.2) is 8.42 Å². The van der Waals surface area contributed by atoms with Crippen LogP contribution in [0.1, 0.15) is 22.5 Å². The highest BCUT2D eigenvalue weighted by atomic mass is 32.2. The van der Waals surface area contributed by atoms with Gasteiger partial charge in [0.2, 0.25) is 0 Å². The molecule has 0 atom stereocenters. The molecule has 2 heterocycles. The van der Waals surface area contributed by atoms with Crippen LogP contribution in [0.15, 0.2) is 52.9 Å². The van der Waals surface area contributed by atoms with Crippen molar-refractivity contribution in [2.24, 2.45) is 0 Å². The number of sulfone groups is 1. The highest BCUT2D eigenvalue weighted by Gasteiger charge is 2.28. The highest BCUT2D eigenvalue weighted by molar-refractivity contribution is 7.89. The van der Waals surface area contributed by atoms with Gasteiger partial charge in [0, 0.05) is 49.1 Å². The first-order chi connectivity index (χ1) is 14.9. The molecule has 164 valence electrons. The van der Waals surface area contributed by atoms with Crippen molar-refractivity contribution in [3.8, 4) is 5.75 Å². The molecule has 7 nitrogen and oxygen atoms in total. The Bertz CT molecular complexity index is 1180. The van der Waals surface area contributed by atoms with Gasteiger partial charge in [0.05, 0.1) is 12.9 Å². The molecule has 0 N–H and O–H groups in total. The van der Waals surface area contributed by atoms with Crippen LogP contribution in [0.5, 0.6) is 5.75 Å². The maximum absolute atomic E-state index is 13.4. The molecule has 4 rings (SSSR count). The Balaban J connectivity index is 1.57. The van der Waals surface area contributed by atoms with Crippen LogP contribution in [0.2, 0.25) is 0 Å². The molecule has 0 radical (unpaired) electrons. The maximum Gasteiger partial charge on any atom is 0.289 e. The molecule has 1 aliphatic rings. The first kappa shape index (κ1) is 21.2. The summed E-state index contributed by atoms with van der Waals surface area (Å²) in [6.07, 6.45) is 1.97. The summed E-state index contributed by atoms with van der Waals surface area (Å²) >= 11 is 0. The van der Waals surface area contributed by atoms with Crippen LogP contribution < -0.4 is 9.64 Å². The molecule has 8 heteroatoms. The fraction of sp³-hybridized carbons (Fsp3) is 0.348. The minimum absolute atomic E-state index is 0.129. The minimum atomic E-state index is -3.33. The van der Waals surface area contributed by atoms with E-state index in [0.717, 1.165) is 24.4 Å². The van der Waals surface area contributed by atoms with Gasteiger partial charge in [-0.3, -0.25) is 4.79 Å². The van der Waals surface area contributed by atoms with Gasteiger partial charge < -0.3 is 19.0 Å². The number of rotatable bonds is 5. The van der Waals surface area contributed by atoms with E-state index in [1.165, 1.54) is 6.26 Å². The van der Waals surface area contributed by atoms with E-state index in [-0.39, 0.29) is 17.4 Å². The number of anilines is 1. The Hall–Kier alpha value is -3.00. The van der Waals surface area contributed by atoms with Crippen molar-refractivity contribution >= 4 is 32.4 Å². The topological polar surface area (TPSA) is 80.1 Å². The third-order valence-corrected chi connectivity index (χ3v) is 6.33. The average molecular weight is 443 g/mol. The second-order valence-corrected chi connectivity index (χ2v) is 9.95. The number of hydrogen-bond donors (Lipinski definition) is 0. The summed E-state index contributed by atoms with van der Waals surface area (Å²) in [6, 6.07) is 15.1. The highest BCUT2D eigenvalue weighted by Crippen LogP contribution is 2.29. The van der Waals surface area contributed by atoms with E-state index in [1.807, 2.05) is 36.4 Å².